The number of hydrogen-bond acceptors (Lipinski definition) is 7. The molecule has 1 aromatic rings. The number of nitrogens with one attached hydrogen (secondary N) is 1. The van der Waals surface area contributed by atoms with Gasteiger partial charge in [-0.2, -0.15) is 0 Å². The highest BCUT2D eigenvalue weighted by atomic mass is 16.5. The number of rotatable bonds is 8. The van der Waals surface area contributed by atoms with Crippen molar-refractivity contribution in [1.29, 1.82) is 0 Å². The number of carbonyl (C=O) groups excluding carboxylic acids is 4. The number of nitrogens with zero attached hydrogens (tertiary/aromatic N) is 1. The number of esters is 1. The molecule has 1 saturated heterocycles. The second-order valence-electron chi connectivity index (χ2n) is 7.08. The summed E-state index contributed by atoms with van der Waals surface area (Å²) in [5.41, 5.74) is -0.541. The second-order valence-corrected chi connectivity index (χ2v) is 7.08. The zero-order valence-corrected chi connectivity index (χ0v) is 16.5. The van der Waals surface area contributed by atoms with E-state index in [1.807, 2.05) is 0 Å². The van der Waals surface area contributed by atoms with Crippen LogP contribution in [0.4, 0.5) is 4.79 Å². The number of hydrogen-bond donors (Lipinski definition) is 1. The SMILES string of the molecule is COc1ccc(C(=O)COC(=O)CCN2C(=O)NC3(CCCC3)C2=O)c(OC)c1. The number of benzene rings is 1. The number of ketones is 1. The van der Waals surface area contributed by atoms with Gasteiger partial charge in [-0.05, 0) is 25.0 Å². The third-order valence-corrected chi connectivity index (χ3v) is 5.32. The maximum Gasteiger partial charge on any atom is 0.325 e. The third kappa shape index (κ3) is 4.18. The molecular weight excluding hydrogens is 380 g/mol. The van der Waals surface area contributed by atoms with E-state index in [2.05, 4.69) is 5.32 Å². The molecule has 29 heavy (non-hydrogen) atoms. The van der Waals surface area contributed by atoms with Crippen molar-refractivity contribution in [1.82, 2.24) is 10.2 Å². The second kappa shape index (κ2) is 8.50. The van der Waals surface area contributed by atoms with E-state index in [0.29, 0.717) is 24.3 Å². The van der Waals surface area contributed by atoms with Gasteiger partial charge in [-0.15, -0.1) is 0 Å². The first-order valence-electron chi connectivity index (χ1n) is 9.45. The number of urea groups is 1. The molecule has 9 heteroatoms. The summed E-state index contributed by atoms with van der Waals surface area (Å²) < 4.78 is 15.3. The van der Waals surface area contributed by atoms with Gasteiger partial charge in [-0.1, -0.05) is 12.8 Å². The quantitative estimate of drug-likeness (QED) is 0.399. The first kappa shape index (κ1) is 20.6. The van der Waals surface area contributed by atoms with Crippen LogP contribution in [0, 0.1) is 0 Å². The van der Waals surface area contributed by atoms with Crippen LogP contribution in [0.5, 0.6) is 11.5 Å². The van der Waals surface area contributed by atoms with Gasteiger partial charge >= 0.3 is 12.0 Å². The number of amides is 3. The molecule has 1 saturated carbocycles. The van der Waals surface area contributed by atoms with Crippen LogP contribution in [0.3, 0.4) is 0 Å². The minimum absolute atomic E-state index is 0.0781. The van der Waals surface area contributed by atoms with E-state index in [4.69, 9.17) is 14.2 Å². The number of ether oxygens (including phenoxy) is 3. The molecule has 0 radical (unpaired) electrons. The fourth-order valence-corrected chi connectivity index (χ4v) is 3.72. The predicted octanol–water partition coefficient (Wildman–Crippen LogP) is 1.68. The monoisotopic (exact) mass is 404 g/mol. The zero-order chi connectivity index (χ0) is 21.0. The maximum atomic E-state index is 12.5. The number of carbonyl (C=O) groups is 4. The minimum Gasteiger partial charge on any atom is -0.497 e. The molecule has 9 nitrogen and oxygen atoms in total. The lowest BCUT2D eigenvalue weighted by Crippen LogP contribution is -2.44. The fourth-order valence-electron chi connectivity index (χ4n) is 3.72. The molecule has 1 N–H and O–H groups in total. The molecule has 1 aliphatic heterocycles. The summed E-state index contributed by atoms with van der Waals surface area (Å²) in [5.74, 6) is -0.543. The minimum atomic E-state index is -0.804. The van der Waals surface area contributed by atoms with Gasteiger partial charge in [0, 0.05) is 12.6 Å². The summed E-state index contributed by atoms with van der Waals surface area (Å²) in [6, 6.07) is 4.21. The van der Waals surface area contributed by atoms with Gasteiger partial charge < -0.3 is 19.5 Å². The summed E-state index contributed by atoms with van der Waals surface area (Å²) in [6.07, 6.45) is 2.84. The summed E-state index contributed by atoms with van der Waals surface area (Å²) in [7, 11) is 2.92. The van der Waals surface area contributed by atoms with Gasteiger partial charge in [0.1, 0.15) is 17.0 Å². The van der Waals surface area contributed by atoms with Crippen LogP contribution < -0.4 is 14.8 Å². The Kier molecular flexibility index (Phi) is 6.05. The Labute approximate surface area is 168 Å². The van der Waals surface area contributed by atoms with Gasteiger partial charge in [0.25, 0.3) is 5.91 Å². The third-order valence-electron chi connectivity index (χ3n) is 5.32. The van der Waals surface area contributed by atoms with E-state index in [1.165, 1.54) is 20.3 Å². The molecule has 3 amide bonds. The maximum absolute atomic E-state index is 12.5. The van der Waals surface area contributed by atoms with E-state index >= 15 is 0 Å². The fraction of sp³-hybridized carbons (Fsp3) is 0.500. The van der Waals surface area contributed by atoms with Gasteiger partial charge in [-0.25, -0.2) is 4.79 Å². The topological polar surface area (TPSA) is 111 Å². The molecule has 2 aliphatic rings. The van der Waals surface area contributed by atoms with Crippen LogP contribution in [-0.2, 0) is 14.3 Å². The van der Waals surface area contributed by atoms with Gasteiger partial charge in [0.05, 0.1) is 26.2 Å². The number of methoxy groups -OCH3 is 2. The Balaban J connectivity index is 1.51. The molecule has 0 bridgehead atoms. The summed E-state index contributed by atoms with van der Waals surface area (Å²) in [5, 5.41) is 2.75. The van der Waals surface area contributed by atoms with Crippen LogP contribution in [0.25, 0.3) is 0 Å². The Hall–Kier alpha value is -3.10. The average molecular weight is 404 g/mol. The van der Waals surface area contributed by atoms with Crippen molar-refractivity contribution in [3.05, 3.63) is 23.8 Å². The Morgan fingerprint density at radius 1 is 1.14 bits per heavy atom. The Bertz CT molecular complexity index is 830. The average Bonchev–Trinajstić information content (AvgIpc) is 3.29. The van der Waals surface area contributed by atoms with Gasteiger partial charge in [-0.3, -0.25) is 19.3 Å². The largest absolute Gasteiger partial charge is 0.497 e. The van der Waals surface area contributed by atoms with Crippen molar-refractivity contribution in [3.63, 3.8) is 0 Å². The molecule has 0 atom stereocenters. The van der Waals surface area contributed by atoms with Crippen molar-refractivity contribution in [3.8, 4) is 11.5 Å². The van der Waals surface area contributed by atoms with Crippen LogP contribution in [0.2, 0.25) is 0 Å². The van der Waals surface area contributed by atoms with Gasteiger partial charge in [0.2, 0.25) is 5.78 Å². The molecular formula is C20H24N2O7. The predicted molar refractivity (Wildman–Crippen MR) is 101 cm³/mol. The molecule has 0 aromatic heterocycles. The van der Waals surface area contributed by atoms with Crippen molar-refractivity contribution >= 4 is 23.7 Å². The molecule has 3 rings (SSSR count). The highest BCUT2D eigenvalue weighted by molar-refractivity contribution is 6.07. The van der Waals surface area contributed by atoms with Crippen molar-refractivity contribution in [2.45, 2.75) is 37.6 Å². The van der Waals surface area contributed by atoms with Crippen molar-refractivity contribution < 1.29 is 33.4 Å². The van der Waals surface area contributed by atoms with E-state index in [9.17, 15) is 19.2 Å². The first-order chi connectivity index (χ1) is 13.9. The van der Waals surface area contributed by atoms with Crippen molar-refractivity contribution in [2.75, 3.05) is 27.4 Å². The van der Waals surface area contributed by atoms with Crippen molar-refractivity contribution in [2.24, 2.45) is 0 Å². The summed E-state index contributed by atoms with van der Waals surface area (Å²) in [6.45, 7) is -0.545. The van der Waals surface area contributed by atoms with Crippen LogP contribution >= 0.6 is 0 Å². The van der Waals surface area contributed by atoms with E-state index < -0.39 is 29.9 Å². The molecule has 156 valence electrons. The van der Waals surface area contributed by atoms with Crippen LogP contribution in [0.15, 0.2) is 18.2 Å². The standard InChI is InChI=1S/C20H24N2O7/c1-27-13-5-6-14(16(11-13)28-2)15(23)12-29-17(24)7-10-22-18(25)20(21-19(22)26)8-3-4-9-20/h5-6,11H,3-4,7-10,12H2,1-2H3,(H,21,26). The van der Waals surface area contributed by atoms with Gasteiger partial charge in [0.15, 0.2) is 6.61 Å². The van der Waals surface area contributed by atoms with E-state index in [-0.39, 0.29) is 24.4 Å². The summed E-state index contributed by atoms with van der Waals surface area (Å²) in [4.78, 5) is 50.0. The highest BCUT2D eigenvalue weighted by Gasteiger charge is 2.52. The molecule has 1 aliphatic carbocycles. The molecule has 0 unspecified atom stereocenters. The first-order valence-corrected chi connectivity index (χ1v) is 9.45. The van der Waals surface area contributed by atoms with Crippen LogP contribution in [-0.4, -0.2) is 61.5 Å². The Morgan fingerprint density at radius 2 is 1.86 bits per heavy atom. The number of Topliss-reactive ketones (excluding diaryl/α,β-unsaturated/α-hetero) is 1. The smallest absolute Gasteiger partial charge is 0.325 e. The lowest BCUT2D eigenvalue weighted by atomic mass is 9.98. The highest BCUT2D eigenvalue weighted by Crippen LogP contribution is 2.35. The molecule has 1 spiro atoms. The molecule has 2 fully saturated rings. The lowest BCUT2D eigenvalue weighted by Gasteiger charge is -2.19. The zero-order valence-electron chi connectivity index (χ0n) is 16.5. The van der Waals surface area contributed by atoms with Crippen LogP contribution in [0.1, 0.15) is 42.5 Å². The lowest BCUT2D eigenvalue weighted by molar-refractivity contribution is -0.143. The normalized spacial score (nSPS) is 17.4. The Morgan fingerprint density at radius 3 is 2.52 bits per heavy atom. The summed E-state index contributed by atoms with van der Waals surface area (Å²) >= 11 is 0. The molecule has 1 heterocycles. The number of imide groups is 1. The van der Waals surface area contributed by atoms with E-state index in [1.54, 1.807) is 12.1 Å². The molecule has 1 aromatic carbocycles. The van der Waals surface area contributed by atoms with E-state index in [0.717, 1.165) is 17.7 Å².